The molecule has 7 aromatic rings. The Balaban J connectivity index is 1.18. The second-order valence-electron chi connectivity index (χ2n) is 14.7. The second kappa shape index (κ2) is 12.3. The van der Waals surface area contributed by atoms with Gasteiger partial charge in [-0.2, -0.15) is 0 Å². The van der Waals surface area contributed by atoms with Crippen LogP contribution in [0.1, 0.15) is 36.5 Å². The van der Waals surface area contributed by atoms with Crippen molar-refractivity contribution in [3.8, 4) is 33.4 Å². The van der Waals surface area contributed by atoms with E-state index in [0.717, 1.165) is 39.3 Å². The Morgan fingerprint density at radius 1 is 0.585 bits per heavy atom. The SMILES string of the molecule is CC1(C)c2ccccc2-c2ccc(N(C3=CC4c5ccccc5N(c5ccccc5)C4C=C3)c3cc(-c4cccnc4)cc(-c4cccnc4)c3)cc21. The summed E-state index contributed by atoms with van der Waals surface area (Å²) in [7, 11) is 0. The summed E-state index contributed by atoms with van der Waals surface area (Å²) in [6, 6.07) is 50.9. The molecule has 0 N–H and O–H groups in total. The molecule has 0 saturated heterocycles. The van der Waals surface area contributed by atoms with Gasteiger partial charge in [-0.05, 0) is 106 Å². The first-order chi connectivity index (χ1) is 26.0. The van der Waals surface area contributed by atoms with Gasteiger partial charge in [0, 0.05) is 75.7 Å². The molecule has 0 bridgehead atoms. The third-order valence-electron chi connectivity index (χ3n) is 11.3. The first-order valence-corrected chi connectivity index (χ1v) is 18.4. The zero-order valence-corrected chi connectivity index (χ0v) is 29.8. The van der Waals surface area contributed by atoms with Gasteiger partial charge in [-0.25, -0.2) is 0 Å². The summed E-state index contributed by atoms with van der Waals surface area (Å²) >= 11 is 0. The molecule has 53 heavy (non-hydrogen) atoms. The van der Waals surface area contributed by atoms with Crippen LogP contribution in [0.15, 0.2) is 188 Å². The molecule has 0 spiro atoms. The highest BCUT2D eigenvalue weighted by atomic mass is 15.2. The minimum Gasteiger partial charge on any atom is -0.333 e. The highest BCUT2D eigenvalue weighted by molar-refractivity contribution is 5.87. The van der Waals surface area contributed by atoms with Gasteiger partial charge < -0.3 is 9.80 Å². The monoisotopic (exact) mass is 682 g/mol. The number of hydrogen-bond acceptors (Lipinski definition) is 4. The number of allylic oxidation sites excluding steroid dienone is 1. The van der Waals surface area contributed by atoms with E-state index in [1.807, 2.05) is 36.9 Å². The summed E-state index contributed by atoms with van der Waals surface area (Å²) in [5, 5.41) is 0. The van der Waals surface area contributed by atoms with Crippen molar-refractivity contribution in [1.82, 2.24) is 9.97 Å². The Kier molecular flexibility index (Phi) is 7.26. The van der Waals surface area contributed by atoms with Gasteiger partial charge in [-0.15, -0.1) is 0 Å². The number of hydrogen-bond donors (Lipinski definition) is 0. The van der Waals surface area contributed by atoms with Crippen LogP contribution in [0.25, 0.3) is 33.4 Å². The number of nitrogens with zero attached hydrogens (tertiary/aromatic N) is 4. The van der Waals surface area contributed by atoms with Crippen molar-refractivity contribution >= 4 is 22.7 Å². The Hall–Kier alpha value is -6.52. The normalized spacial score (nSPS) is 17.4. The predicted molar refractivity (Wildman–Crippen MR) is 218 cm³/mol. The topological polar surface area (TPSA) is 32.3 Å². The number of benzene rings is 5. The molecule has 2 aliphatic carbocycles. The molecule has 2 atom stereocenters. The number of anilines is 4. The molecule has 0 amide bonds. The summed E-state index contributed by atoms with van der Waals surface area (Å²) in [6.45, 7) is 4.71. The van der Waals surface area contributed by atoms with Crippen molar-refractivity contribution in [2.24, 2.45) is 0 Å². The van der Waals surface area contributed by atoms with Crippen molar-refractivity contribution in [1.29, 1.82) is 0 Å². The van der Waals surface area contributed by atoms with Crippen LogP contribution < -0.4 is 9.80 Å². The van der Waals surface area contributed by atoms with E-state index in [1.54, 1.807) is 0 Å². The quantitative estimate of drug-likeness (QED) is 0.175. The molecular formula is C49H38N4. The van der Waals surface area contributed by atoms with Crippen LogP contribution in [-0.4, -0.2) is 16.0 Å². The maximum absolute atomic E-state index is 4.50. The van der Waals surface area contributed by atoms with Gasteiger partial charge in [0.2, 0.25) is 0 Å². The first-order valence-electron chi connectivity index (χ1n) is 18.4. The lowest BCUT2D eigenvalue weighted by Gasteiger charge is -2.34. The van der Waals surface area contributed by atoms with Crippen LogP contribution in [0.2, 0.25) is 0 Å². The summed E-state index contributed by atoms with van der Waals surface area (Å²) in [5.74, 6) is 0.170. The van der Waals surface area contributed by atoms with Gasteiger partial charge in [0.25, 0.3) is 0 Å². The number of aromatic nitrogens is 2. The number of pyridine rings is 2. The van der Waals surface area contributed by atoms with E-state index >= 15 is 0 Å². The summed E-state index contributed by atoms with van der Waals surface area (Å²) < 4.78 is 0. The van der Waals surface area contributed by atoms with Crippen molar-refractivity contribution in [2.45, 2.75) is 31.2 Å². The lowest BCUT2D eigenvalue weighted by molar-refractivity contribution is 0.660. The minimum atomic E-state index is -0.130. The van der Waals surface area contributed by atoms with Crippen molar-refractivity contribution in [3.05, 3.63) is 205 Å². The zero-order valence-electron chi connectivity index (χ0n) is 29.8. The van der Waals surface area contributed by atoms with Gasteiger partial charge in [0.05, 0.1) is 6.04 Å². The average molecular weight is 683 g/mol. The van der Waals surface area contributed by atoms with E-state index < -0.39 is 0 Å². The number of para-hydroxylation sites is 2. The fourth-order valence-electron chi connectivity index (χ4n) is 8.79. The van der Waals surface area contributed by atoms with Gasteiger partial charge in [0.15, 0.2) is 0 Å². The van der Waals surface area contributed by atoms with E-state index in [9.17, 15) is 0 Å². The van der Waals surface area contributed by atoms with E-state index in [4.69, 9.17) is 0 Å². The average Bonchev–Trinajstić information content (AvgIpc) is 3.67. The summed E-state index contributed by atoms with van der Waals surface area (Å²) in [5.41, 5.74) is 16.7. The highest BCUT2D eigenvalue weighted by Gasteiger charge is 2.40. The molecule has 4 nitrogen and oxygen atoms in total. The second-order valence-corrected chi connectivity index (χ2v) is 14.7. The van der Waals surface area contributed by atoms with Crippen molar-refractivity contribution < 1.29 is 0 Å². The smallest absolute Gasteiger partial charge is 0.0631 e. The Bertz CT molecular complexity index is 2500. The molecule has 2 aromatic heterocycles. The Labute approximate surface area is 311 Å². The molecule has 1 aliphatic heterocycles. The van der Waals surface area contributed by atoms with Gasteiger partial charge in [0.1, 0.15) is 0 Å². The zero-order chi connectivity index (χ0) is 35.5. The van der Waals surface area contributed by atoms with Crippen LogP contribution in [0.4, 0.5) is 22.7 Å². The van der Waals surface area contributed by atoms with Crippen molar-refractivity contribution in [3.63, 3.8) is 0 Å². The maximum atomic E-state index is 4.50. The fourth-order valence-corrected chi connectivity index (χ4v) is 8.79. The maximum Gasteiger partial charge on any atom is 0.0631 e. The highest BCUT2D eigenvalue weighted by Crippen LogP contribution is 2.52. The van der Waals surface area contributed by atoms with Crippen LogP contribution in [0.5, 0.6) is 0 Å². The van der Waals surface area contributed by atoms with Crippen LogP contribution >= 0.6 is 0 Å². The molecule has 0 saturated carbocycles. The van der Waals surface area contributed by atoms with Gasteiger partial charge in [-0.3, -0.25) is 9.97 Å². The van der Waals surface area contributed by atoms with E-state index in [0.29, 0.717) is 0 Å². The van der Waals surface area contributed by atoms with E-state index in [1.165, 1.54) is 39.2 Å². The third-order valence-corrected chi connectivity index (χ3v) is 11.3. The summed E-state index contributed by atoms with van der Waals surface area (Å²) in [6.07, 6.45) is 14.8. The molecule has 0 radical (unpaired) electrons. The molecule has 10 rings (SSSR count). The number of rotatable bonds is 6. The lowest BCUT2D eigenvalue weighted by Crippen LogP contribution is -2.30. The standard InChI is InChI=1S/C49H38N4/c1-49(2)45-18-8-6-16-41(45)42-22-20-39(30-46(42)49)52(40-27-35(33-12-10-24-50-31-33)26-36(28-40)34-13-11-25-51-32-34)38-21-23-48-44(29-38)43-17-7-9-19-47(43)53(48)37-14-4-3-5-15-37/h3-32,44,48H,1-2H3. The molecule has 3 heterocycles. The molecule has 254 valence electrons. The molecule has 3 aliphatic rings. The predicted octanol–water partition coefficient (Wildman–Crippen LogP) is 12.0. The van der Waals surface area contributed by atoms with Gasteiger partial charge >= 0.3 is 0 Å². The lowest BCUT2D eigenvalue weighted by atomic mass is 9.82. The van der Waals surface area contributed by atoms with Crippen LogP contribution in [-0.2, 0) is 5.41 Å². The van der Waals surface area contributed by atoms with Crippen LogP contribution in [0.3, 0.4) is 0 Å². The first kappa shape index (κ1) is 31.2. The van der Waals surface area contributed by atoms with Crippen molar-refractivity contribution in [2.75, 3.05) is 9.80 Å². The fraction of sp³-hybridized carbons (Fsp3) is 0.102. The largest absolute Gasteiger partial charge is 0.333 e. The molecule has 5 aromatic carbocycles. The number of fused-ring (bicyclic) bond motifs is 6. The third kappa shape index (κ3) is 5.13. The molecule has 4 heteroatoms. The van der Waals surface area contributed by atoms with E-state index in [-0.39, 0.29) is 17.4 Å². The van der Waals surface area contributed by atoms with Crippen LogP contribution in [0, 0.1) is 0 Å². The van der Waals surface area contributed by atoms with Gasteiger partial charge in [-0.1, -0.05) is 105 Å². The molecule has 0 fully saturated rings. The molecule has 2 unspecified atom stereocenters. The summed E-state index contributed by atoms with van der Waals surface area (Å²) in [4.78, 5) is 13.9. The Morgan fingerprint density at radius 3 is 2.00 bits per heavy atom. The minimum absolute atomic E-state index is 0.130. The Morgan fingerprint density at radius 2 is 1.26 bits per heavy atom. The van der Waals surface area contributed by atoms with E-state index in [2.05, 4.69) is 179 Å². The molecular weight excluding hydrogens is 645 g/mol.